The van der Waals surface area contributed by atoms with Crippen LogP contribution in [0, 0.1) is 5.92 Å². The van der Waals surface area contributed by atoms with Gasteiger partial charge in [-0.05, 0) is 37.1 Å². The first-order valence-corrected chi connectivity index (χ1v) is 9.18. The molecule has 4 rings (SSSR count). The number of hydrogen-bond donors (Lipinski definition) is 3. The number of fused-ring (bicyclic) bond motifs is 1. The van der Waals surface area contributed by atoms with Gasteiger partial charge in [-0.2, -0.15) is 0 Å². The zero-order chi connectivity index (χ0) is 17.9. The van der Waals surface area contributed by atoms with E-state index >= 15 is 0 Å². The summed E-state index contributed by atoms with van der Waals surface area (Å²) in [5.74, 6) is 1.89. The van der Waals surface area contributed by atoms with Gasteiger partial charge in [-0.1, -0.05) is 19.3 Å². The molecule has 0 spiro atoms. The number of anilines is 2. The van der Waals surface area contributed by atoms with Crippen LogP contribution in [0.4, 0.5) is 11.5 Å². The average Bonchev–Trinajstić information content (AvgIpc) is 3.12. The van der Waals surface area contributed by atoms with Crippen molar-refractivity contribution in [3.8, 4) is 11.4 Å². The fourth-order valence-corrected chi connectivity index (χ4v) is 3.50. The molecule has 1 aliphatic rings. The van der Waals surface area contributed by atoms with Crippen LogP contribution in [0.3, 0.4) is 0 Å². The number of amides is 1. The van der Waals surface area contributed by atoms with E-state index in [1.54, 1.807) is 6.20 Å². The van der Waals surface area contributed by atoms with Gasteiger partial charge in [0.15, 0.2) is 0 Å². The summed E-state index contributed by atoms with van der Waals surface area (Å²) in [7, 11) is 1.84. The van der Waals surface area contributed by atoms with Crippen LogP contribution in [0.15, 0.2) is 36.5 Å². The summed E-state index contributed by atoms with van der Waals surface area (Å²) in [5, 5.41) is 6.06. The quantitative estimate of drug-likeness (QED) is 0.660. The summed E-state index contributed by atoms with van der Waals surface area (Å²) in [5.41, 5.74) is 3.57. The predicted octanol–water partition coefficient (Wildman–Crippen LogP) is 4.19. The van der Waals surface area contributed by atoms with Crippen LogP contribution < -0.4 is 10.6 Å². The third-order valence-electron chi connectivity index (χ3n) is 5.03. The summed E-state index contributed by atoms with van der Waals surface area (Å²) in [6.45, 7) is 0. The number of imidazole rings is 1. The van der Waals surface area contributed by atoms with Crippen molar-refractivity contribution < 1.29 is 4.79 Å². The molecule has 1 amide bonds. The lowest BCUT2D eigenvalue weighted by Gasteiger charge is -2.20. The smallest absolute Gasteiger partial charge is 0.227 e. The number of nitrogens with one attached hydrogen (secondary N) is 3. The second-order valence-electron chi connectivity index (χ2n) is 6.82. The Morgan fingerprint density at radius 1 is 1.15 bits per heavy atom. The summed E-state index contributed by atoms with van der Waals surface area (Å²) >= 11 is 0. The Labute approximate surface area is 152 Å². The van der Waals surface area contributed by atoms with Gasteiger partial charge in [-0.3, -0.25) is 4.79 Å². The first kappa shape index (κ1) is 16.6. The van der Waals surface area contributed by atoms with E-state index in [2.05, 4.69) is 25.6 Å². The van der Waals surface area contributed by atoms with E-state index in [-0.39, 0.29) is 11.8 Å². The number of aromatic nitrogens is 3. The number of aromatic amines is 1. The van der Waals surface area contributed by atoms with Crippen LogP contribution in [0.25, 0.3) is 22.4 Å². The average molecular weight is 349 g/mol. The number of nitrogens with zero attached hydrogens (tertiary/aromatic N) is 2. The summed E-state index contributed by atoms with van der Waals surface area (Å²) in [4.78, 5) is 24.6. The second-order valence-corrected chi connectivity index (χ2v) is 6.82. The summed E-state index contributed by atoms with van der Waals surface area (Å²) < 4.78 is 0. The SMILES string of the molecule is CNc1cc2nc(-c3ccc(NC(=O)C4CCCCC4)cc3)[nH]c2cn1. The monoisotopic (exact) mass is 349 g/mol. The first-order valence-electron chi connectivity index (χ1n) is 9.18. The van der Waals surface area contributed by atoms with Gasteiger partial charge in [0.25, 0.3) is 0 Å². The summed E-state index contributed by atoms with van der Waals surface area (Å²) in [6.07, 6.45) is 7.36. The van der Waals surface area contributed by atoms with E-state index in [0.29, 0.717) is 0 Å². The lowest BCUT2D eigenvalue weighted by Crippen LogP contribution is -2.24. The predicted molar refractivity (Wildman–Crippen MR) is 104 cm³/mol. The maximum Gasteiger partial charge on any atom is 0.227 e. The molecule has 2 aromatic heterocycles. The largest absolute Gasteiger partial charge is 0.373 e. The number of pyridine rings is 1. The molecule has 6 nitrogen and oxygen atoms in total. The van der Waals surface area contributed by atoms with Crippen molar-refractivity contribution in [1.29, 1.82) is 0 Å². The van der Waals surface area contributed by atoms with E-state index in [1.807, 2.05) is 37.4 Å². The molecule has 134 valence electrons. The fourth-order valence-electron chi connectivity index (χ4n) is 3.50. The Morgan fingerprint density at radius 2 is 1.92 bits per heavy atom. The highest BCUT2D eigenvalue weighted by molar-refractivity contribution is 5.92. The molecule has 3 aromatic rings. The lowest BCUT2D eigenvalue weighted by molar-refractivity contribution is -0.120. The van der Waals surface area contributed by atoms with Crippen LogP contribution in [0.2, 0.25) is 0 Å². The minimum atomic E-state index is 0.145. The van der Waals surface area contributed by atoms with Crippen LogP contribution in [-0.4, -0.2) is 27.9 Å². The van der Waals surface area contributed by atoms with Gasteiger partial charge < -0.3 is 15.6 Å². The molecule has 3 N–H and O–H groups in total. The first-order chi connectivity index (χ1) is 12.7. The highest BCUT2D eigenvalue weighted by atomic mass is 16.1. The summed E-state index contributed by atoms with van der Waals surface area (Å²) in [6, 6.07) is 9.72. The zero-order valence-electron chi connectivity index (χ0n) is 14.9. The number of hydrogen-bond acceptors (Lipinski definition) is 4. The van der Waals surface area contributed by atoms with Crippen molar-refractivity contribution in [3.63, 3.8) is 0 Å². The molecule has 0 saturated heterocycles. The Balaban J connectivity index is 1.49. The van der Waals surface area contributed by atoms with Crippen molar-refractivity contribution >= 4 is 28.4 Å². The van der Waals surface area contributed by atoms with Gasteiger partial charge in [0.2, 0.25) is 5.91 Å². The van der Waals surface area contributed by atoms with Crippen molar-refractivity contribution in [2.24, 2.45) is 5.92 Å². The molecule has 0 unspecified atom stereocenters. The molecule has 26 heavy (non-hydrogen) atoms. The fraction of sp³-hybridized carbons (Fsp3) is 0.350. The van der Waals surface area contributed by atoms with E-state index in [4.69, 9.17) is 0 Å². The third-order valence-corrected chi connectivity index (χ3v) is 5.03. The zero-order valence-corrected chi connectivity index (χ0v) is 14.9. The molecular weight excluding hydrogens is 326 g/mol. The minimum Gasteiger partial charge on any atom is -0.373 e. The van der Waals surface area contributed by atoms with Crippen molar-refractivity contribution in [1.82, 2.24) is 15.0 Å². The maximum atomic E-state index is 12.4. The third kappa shape index (κ3) is 3.40. The number of carbonyl (C=O) groups is 1. The van der Waals surface area contributed by atoms with Gasteiger partial charge in [-0.15, -0.1) is 0 Å². The molecule has 2 heterocycles. The van der Waals surface area contributed by atoms with Gasteiger partial charge in [0.1, 0.15) is 11.6 Å². The Hall–Kier alpha value is -2.89. The molecule has 1 fully saturated rings. The van der Waals surface area contributed by atoms with Crippen molar-refractivity contribution in [2.75, 3.05) is 17.7 Å². The highest BCUT2D eigenvalue weighted by Crippen LogP contribution is 2.26. The molecule has 0 aliphatic heterocycles. The minimum absolute atomic E-state index is 0.145. The Kier molecular flexibility index (Phi) is 4.56. The maximum absolute atomic E-state index is 12.4. The molecule has 0 bridgehead atoms. The highest BCUT2D eigenvalue weighted by Gasteiger charge is 2.21. The van der Waals surface area contributed by atoms with Crippen molar-refractivity contribution in [3.05, 3.63) is 36.5 Å². The van der Waals surface area contributed by atoms with Crippen LogP contribution in [0.1, 0.15) is 32.1 Å². The molecule has 6 heteroatoms. The van der Waals surface area contributed by atoms with E-state index in [1.165, 1.54) is 6.42 Å². The van der Waals surface area contributed by atoms with E-state index in [9.17, 15) is 4.79 Å². The van der Waals surface area contributed by atoms with Gasteiger partial charge in [0.05, 0.1) is 17.2 Å². The molecule has 1 saturated carbocycles. The van der Waals surface area contributed by atoms with Gasteiger partial charge >= 0.3 is 0 Å². The Morgan fingerprint density at radius 3 is 2.65 bits per heavy atom. The number of carbonyl (C=O) groups excluding carboxylic acids is 1. The van der Waals surface area contributed by atoms with Crippen LogP contribution >= 0.6 is 0 Å². The topological polar surface area (TPSA) is 82.7 Å². The lowest BCUT2D eigenvalue weighted by atomic mass is 9.88. The molecule has 1 aliphatic carbocycles. The van der Waals surface area contributed by atoms with E-state index < -0.39 is 0 Å². The second kappa shape index (κ2) is 7.15. The van der Waals surface area contributed by atoms with Crippen LogP contribution in [-0.2, 0) is 4.79 Å². The van der Waals surface area contributed by atoms with E-state index in [0.717, 1.165) is 59.6 Å². The standard InChI is InChI=1S/C20H23N5O/c1-21-18-11-16-17(12-22-18)25-19(24-16)13-7-9-15(10-8-13)23-20(26)14-5-3-2-4-6-14/h7-12,14H,2-6H2,1H3,(H,21,22)(H,23,26)(H,24,25). The number of rotatable bonds is 4. The van der Waals surface area contributed by atoms with Gasteiger partial charge in [-0.25, -0.2) is 9.97 Å². The normalized spacial score (nSPS) is 15.1. The number of benzene rings is 1. The molecular formula is C20H23N5O. The Bertz CT molecular complexity index is 910. The van der Waals surface area contributed by atoms with Crippen LogP contribution in [0.5, 0.6) is 0 Å². The molecule has 0 radical (unpaired) electrons. The van der Waals surface area contributed by atoms with Gasteiger partial charge in [0, 0.05) is 30.3 Å². The molecule has 0 atom stereocenters. The van der Waals surface area contributed by atoms with Crippen molar-refractivity contribution in [2.45, 2.75) is 32.1 Å². The molecule has 1 aromatic carbocycles. The number of H-pyrrole nitrogens is 1.